The van der Waals surface area contributed by atoms with Crippen LogP contribution in [0.25, 0.3) is 11.1 Å². The highest BCUT2D eigenvalue weighted by molar-refractivity contribution is 6.30. The first-order valence-corrected chi connectivity index (χ1v) is 4.85. The summed E-state index contributed by atoms with van der Waals surface area (Å²) in [7, 11) is 0. The van der Waals surface area contributed by atoms with Gasteiger partial charge in [-0.05, 0) is 35.4 Å². The third-order valence-corrected chi connectivity index (χ3v) is 2.43. The van der Waals surface area contributed by atoms with E-state index in [1.807, 2.05) is 12.1 Å². The molecule has 2 N–H and O–H groups in total. The lowest BCUT2D eigenvalue weighted by molar-refractivity contribution is 0.632. The fraction of sp³-hybridized carbons (Fsp3) is 0. The molecule has 0 amide bonds. The Kier molecular flexibility index (Phi) is 2.60. The second kappa shape index (κ2) is 3.91. The summed E-state index contributed by atoms with van der Waals surface area (Å²) in [6.07, 6.45) is 0. The third-order valence-electron chi connectivity index (χ3n) is 2.17. The van der Waals surface area contributed by atoms with E-state index in [0.29, 0.717) is 5.02 Å². The van der Waals surface area contributed by atoms with E-state index in [9.17, 15) is 4.39 Å². The van der Waals surface area contributed by atoms with Crippen molar-refractivity contribution in [2.24, 2.45) is 0 Å². The molecule has 0 aliphatic heterocycles. The van der Waals surface area contributed by atoms with E-state index >= 15 is 0 Å². The highest BCUT2D eigenvalue weighted by Gasteiger charge is 2.01. The molecule has 0 spiro atoms. The van der Waals surface area contributed by atoms with Gasteiger partial charge in [0.25, 0.3) is 0 Å². The van der Waals surface area contributed by atoms with Crippen LogP contribution >= 0.6 is 11.6 Å². The molecule has 0 unspecified atom stereocenters. The predicted molar refractivity (Wildman–Crippen MR) is 61.3 cm³/mol. The number of rotatable bonds is 1. The summed E-state index contributed by atoms with van der Waals surface area (Å²) >= 11 is 5.77. The summed E-state index contributed by atoms with van der Waals surface area (Å²) in [5.74, 6) is -0.396. The molecular formula is C12H9ClFN. The molecule has 0 radical (unpaired) electrons. The van der Waals surface area contributed by atoms with Crippen LogP contribution in [0.3, 0.4) is 0 Å². The lowest BCUT2D eigenvalue weighted by Crippen LogP contribution is -1.90. The van der Waals surface area contributed by atoms with Crippen molar-refractivity contribution in [2.45, 2.75) is 0 Å². The monoisotopic (exact) mass is 221 g/mol. The van der Waals surface area contributed by atoms with Gasteiger partial charge < -0.3 is 5.73 Å². The SMILES string of the molecule is Nc1cc(-c2ccc(Cl)cc2)ccc1F. The van der Waals surface area contributed by atoms with Crippen molar-refractivity contribution in [3.63, 3.8) is 0 Å². The Morgan fingerprint density at radius 2 is 1.53 bits per heavy atom. The zero-order chi connectivity index (χ0) is 10.8. The van der Waals surface area contributed by atoms with Gasteiger partial charge in [0.15, 0.2) is 0 Å². The molecule has 76 valence electrons. The van der Waals surface area contributed by atoms with Gasteiger partial charge in [-0.15, -0.1) is 0 Å². The summed E-state index contributed by atoms with van der Waals surface area (Å²) in [4.78, 5) is 0. The Bertz CT molecular complexity index is 479. The molecule has 0 aliphatic carbocycles. The predicted octanol–water partition coefficient (Wildman–Crippen LogP) is 3.73. The van der Waals surface area contributed by atoms with Crippen molar-refractivity contribution >= 4 is 17.3 Å². The lowest BCUT2D eigenvalue weighted by atomic mass is 10.1. The van der Waals surface area contributed by atoms with E-state index in [4.69, 9.17) is 17.3 Å². The smallest absolute Gasteiger partial charge is 0.146 e. The van der Waals surface area contributed by atoms with Crippen LogP contribution in [0, 0.1) is 5.82 Å². The van der Waals surface area contributed by atoms with Gasteiger partial charge in [0.1, 0.15) is 5.82 Å². The Morgan fingerprint density at radius 3 is 2.13 bits per heavy atom. The van der Waals surface area contributed by atoms with Gasteiger partial charge >= 0.3 is 0 Å². The number of hydrogen-bond acceptors (Lipinski definition) is 1. The van der Waals surface area contributed by atoms with Crippen LogP contribution < -0.4 is 5.73 Å². The molecule has 2 aromatic rings. The van der Waals surface area contributed by atoms with Gasteiger partial charge in [0, 0.05) is 5.02 Å². The molecule has 0 saturated carbocycles. The van der Waals surface area contributed by atoms with Crippen molar-refractivity contribution in [3.05, 3.63) is 53.3 Å². The minimum atomic E-state index is -0.396. The average Bonchev–Trinajstić information content (AvgIpc) is 2.23. The van der Waals surface area contributed by atoms with Gasteiger partial charge in [-0.2, -0.15) is 0 Å². The summed E-state index contributed by atoms with van der Waals surface area (Å²) in [6.45, 7) is 0. The van der Waals surface area contributed by atoms with E-state index in [-0.39, 0.29) is 5.69 Å². The van der Waals surface area contributed by atoms with Gasteiger partial charge in [0.2, 0.25) is 0 Å². The molecule has 0 aromatic heterocycles. The number of nitrogens with two attached hydrogens (primary N) is 1. The van der Waals surface area contributed by atoms with E-state index in [1.165, 1.54) is 6.07 Å². The van der Waals surface area contributed by atoms with Crippen molar-refractivity contribution in [3.8, 4) is 11.1 Å². The van der Waals surface area contributed by atoms with E-state index in [0.717, 1.165) is 11.1 Å². The minimum Gasteiger partial charge on any atom is -0.396 e. The average molecular weight is 222 g/mol. The minimum absolute atomic E-state index is 0.155. The van der Waals surface area contributed by atoms with Gasteiger partial charge in [-0.25, -0.2) is 4.39 Å². The van der Waals surface area contributed by atoms with Crippen molar-refractivity contribution in [1.82, 2.24) is 0 Å². The maximum absolute atomic E-state index is 12.9. The largest absolute Gasteiger partial charge is 0.396 e. The van der Waals surface area contributed by atoms with Crippen molar-refractivity contribution in [1.29, 1.82) is 0 Å². The Balaban J connectivity index is 2.45. The Labute approximate surface area is 92.3 Å². The maximum atomic E-state index is 12.9. The van der Waals surface area contributed by atoms with Crippen LogP contribution in [0.1, 0.15) is 0 Å². The molecule has 15 heavy (non-hydrogen) atoms. The molecule has 1 nitrogen and oxygen atoms in total. The molecular weight excluding hydrogens is 213 g/mol. The van der Waals surface area contributed by atoms with Gasteiger partial charge in [-0.3, -0.25) is 0 Å². The zero-order valence-electron chi connectivity index (χ0n) is 7.87. The summed E-state index contributed by atoms with van der Waals surface area (Å²) in [6, 6.07) is 12.0. The van der Waals surface area contributed by atoms with Gasteiger partial charge in [-0.1, -0.05) is 29.8 Å². The summed E-state index contributed by atoms with van der Waals surface area (Å²) in [5.41, 5.74) is 7.49. The second-order valence-corrected chi connectivity index (χ2v) is 3.68. The number of benzene rings is 2. The third kappa shape index (κ3) is 2.10. The molecule has 0 aliphatic rings. The summed E-state index contributed by atoms with van der Waals surface area (Å²) < 4.78 is 12.9. The highest BCUT2D eigenvalue weighted by atomic mass is 35.5. The number of nitrogen functional groups attached to an aromatic ring is 1. The van der Waals surface area contributed by atoms with E-state index in [1.54, 1.807) is 24.3 Å². The quantitative estimate of drug-likeness (QED) is 0.730. The fourth-order valence-corrected chi connectivity index (χ4v) is 1.49. The van der Waals surface area contributed by atoms with E-state index < -0.39 is 5.82 Å². The molecule has 0 fully saturated rings. The standard InChI is InChI=1S/C12H9ClFN/c13-10-4-1-8(2-5-10)9-3-6-11(14)12(15)7-9/h1-7H,15H2. The number of halogens is 2. The molecule has 3 heteroatoms. The first-order chi connectivity index (χ1) is 7.16. The van der Waals surface area contributed by atoms with Crippen molar-refractivity contribution in [2.75, 3.05) is 5.73 Å². The highest BCUT2D eigenvalue weighted by Crippen LogP contribution is 2.24. The first-order valence-electron chi connectivity index (χ1n) is 4.48. The van der Waals surface area contributed by atoms with Crippen LogP contribution in [-0.4, -0.2) is 0 Å². The second-order valence-electron chi connectivity index (χ2n) is 3.24. The number of hydrogen-bond donors (Lipinski definition) is 1. The summed E-state index contributed by atoms with van der Waals surface area (Å²) in [5, 5.41) is 0.675. The molecule has 0 bridgehead atoms. The Hall–Kier alpha value is -1.54. The molecule has 2 rings (SSSR count). The van der Waals surface area contributed by atoms with Crippen LogP contribution in [0.5, 0.6) is 0 Å². The van der Waals surface area contributed by atoms with Gasteiger partial charge in [0.05, 0.1) is 5.69 Å². The lowest BCUT2D eigenvalue weighted by Gasteiger charge is -2.03. The molecule has 0 heterocycles. The molecule has 0 saturated heterocycles. The van der Waals surface area contributed by atoms with Crippen LogP contribution in [0.4, 0.5) is 10.1 Å². The fourth-order valence-electron chi connectivity index (χ4n) is 1.37. The molecule has 2 aromatic carbocycles. The van der Waals surface area contributed by atoms with Crippen LogP contribution in [-0.2, 0) is 0 Å². The van der Waals surface area contributed by atoms with Crippen LogP contribution in [0.15, 0.2) is 42.5 Å². The zero-order valence-corrected chi connectivity index (χ0v) is 8.63. The maximum Gasteiger partial charge on any atom is 0.146 e. The van der Waals surface area contributed by atoms with Crippen molar-refractivity contribution < 1.29 is 4.39 Å². The van der Waals surface area contributed by atoms with E-state index in [2.05, 4.69) is 0 Å². The molecule has 0 atom stereocenters. The normalized spacial score (nSPS) is 10.3. The Morgan fingerprint density at radius 1 is 0.933 bits per heavy atom. The topological polar surface area (TPSA) is 26.0 Å². The number of anilines is 1. The van der Waals surface area contributed by atoms with Crippen LogP contribution in [0.2, 0.25) is 5.02 Å². The first kappa shape index (κ1) is 9.99.